The molecule has 1 N–H and O–H groups in total. The Morgan fingerprint density at radius 3 is 2.21 bits per heavy atom. The van der Waals surface area contributed by atoms with Gasteiger partial charge in [0.25, 0.3) is 0 Å². The van der Waals surface area contributed by atoms with Gasteiger partial charge in [-0.1, -0.05) is 84.4 Å². The Balaban J connectivity index is 1.61. The van der Waals surface area contributed by atoms with E-state index in [0.717, 1.165) is 27.6 Å². The van der Waals surface area contributed by atoms with Crippen LogP contribution in [0, 0.1) is 6.92 Å². The maximum Gasteiger partial charge on any atom is 0.165 e. The van der Waals surface area contributed by atoms with Crippen molar-refractivity contribution in [2.24, 2.45) is 0 Å². The summed E-state index contributed by atoms with van der Waals surface area (Å²) in [5.74, 6) is 0.139. The SMILES string of the molecule is Cc1ccc(C(CC(=O)c2ccc3ccccc3c2)Nc2ccccc2)cc1. The lowest BCUT2D eigenvalue weighted by molar-refractivity contribution is 0.0976. The van der Waals surface area contributed by atoms with Crippen molar-refractivity contribution in [3.8, 4) is 0 Å². The Bertz CT molecular complexity index is 1080. The Hall–Kier alpha value is -3.39. The van der Waals surface area contributed by atoms with Crippen molar-refractivity contribution in [3.05, 3.63) is 114 Å². The Morgan fingerprint density at radius 2 is 1.46 bits per heavy atom. The third-order valence-electron chi connectivity index (χ3n) is 5.06. The zero-order valence-corrected chi connectivity index (χ0v) is 15.9. The summed E-state index contributed by atoms with van der Waals surface area (Å²) in [6, 6.07) is 32.4. The van der Waals surface area contributed by atoms with Crippen LogP contribution < -0.4 is 5.32 Å². The highest BCUT2D eigenvalue weighted by Gasteiger charge is 2.17. The van der Waals surface area contributed by atoms with Gasteiger partial charge < -0.3 is 5.32 Å². The van der Waals surface area contributed by atoms with Gasteiger partial charge in [0.15, 0.2) is 5.78 Å². The highest BCUT2D eigenvalue weighted by atomic mass is 16.1. The van der Waals surface area contributed by atoms with Crippen LogP contribution in [-0.4, -0.2) is 5.78 Å². The molecule has 0 aliphatic carbocycles. The number of carbonyl (C=O) groups excluding carboxylic acids is 1. The minimum absolute atomic E-state index is 0.0815. The second-order valence-electron chi connectivity index (χ2n) is 7.16. The van der Waals surface area contributed by atoms with Crippen LogP contribution in [0.4, 0.5) is 5.69 Å². The molecular formula is C26H23NO. The van der Waals surface area contributed by atoms with Crippen molar-refractivity contribution >= 4 is 22.2 Å². The number of Topliss-reactive ketones (excluding diaryl/α,β-unsaturated/α-hetero) is 1. The molecule has 1 unspecified atom stereocenters. The zero-order valence-electron chi connectivity index (χ0n) is 15.9. The molecule has 0 heterocycles. The molecule has 0 aromatic heterocycles. The van der Waals surface area contributed by atoms with E-state index in [1.807, 2.05) is 66.7 Å². The summed E-state index contributed by atoms with van der Waals surface area (Å²) >= 11 is 0. The minimum atomic E-state index is -0.0815. The molecule has 0 radical (unpaired) electrons. The summed E-state index contributed by atoms with van der Waals surface area (Å²) in [4.78, 5) is 13.1. The number of hydrogen-bond donors (Lipinski definition) is 1. The summed E-state index contributed by atoms with van der Waals surface area (Å²) in [7, 11) is 0. The first-order valence-electron chi connectivity index (χ1n) is 9.59. The van der Waals surface area contributed by atoms with E-state index in [4.69, 9.17) is 0 Å². The van der Waals surface area contributed by atoms with E-state index >= 15 is 0 Å². The minimum Gasteiger partial charge on any atom is -0.378 e. The number of anilines is 1. The predicted molar refractivity (Wildman–Crippen MR) is 117 cm³/mol. The van der Waals surface area contributed by atoms with E-state index in [2.05, 4.69) is 42.6 Å². The first-order valence-corrected chi connectivity index (χ1v) is 9.59. The molecule has 4 rings (SSSR count). The second kappa shape index (κ2) is 8.10. The molecule has 4 aromatic carbocycles. The van der Waals surface area contributed by atoms with Crippen LogP contribution in [0.5, 0.6) is 0 Å². The first kappa shape index (κ1) is 18.0. The molecule has 0 amide bonds. The number of para-hydroxylation sites is 1. The molecule has 138 valence electrons. The average molecular weight is 365 g/mol. The number of rotatable bonds is 6. The van der Waals surface area contributed by atoms with E-state index in [1.165, 1.54) is 5.56 Å². The fraction of sp³-hybridized carbons (Fsp3) is 0.115. The molecule has 0 bridgehead atoms. The molecule has 28 heavy (non-hydrogen) atoms. The quantitative estimate of drug-likeness (QED) is 0.391. The standard InChI is InChI=1S/C26H23NO/c1-19-11-13-21(14-12-19)25(27-24-9-3-2-4-10-24)18-26(28)23-16-15-20-7-5-6-8-22(20)17-23/h2-17,25,27H,18H2,1H3. The molecule has 2 nitrogen and oxygen atoms in total. The van der Waals surface area contributed by atoms with Crippen LogP contribution in [0.25, 0.3) is 10.8 Å². The van der Waals surface area contributed by atoms with Crippen molar-refractivity contribution in [3.63, 3.8) is 0 Å². The smallest absolute Gasteiger partial charge is 0.165 e. The van der Waals surface area contributed by atoms with E-state index < -0.39 is 0 Å². The number of benzene rings is 4. The highest BCUT2D eigenvalue weighted by Crippen LogP contribution is 2.26. The number of nitrogens with one attached hydrogen (secondary N) is 1. The van der Waals surface area contributed by atoms with Crippen molar-refractivity contribution in [2.45, 2.75) is 19.4 Å². The average Bonchev–Trinajstić information content (AvgIpc) is 2.74. The van der Waals surface area contributed by atoms with Crippen molar-refractivity contribution < 1.29 is 4.79 Å². The Kier molecular flexibility index (Phi) is 5.20. The molecule has 0 saturated heterocycles. The van der Waals surface area contributed by atoms with Gasteiger partial charge in [0.1, 0.15) is 0 Å². The molecule has 0 spiro atoms. The maximum atomic E-state index is 13.1. The number of fused-ring (bicyclic) bond motifs is 1. The monoisotopic (exact) mass is 365 g/mol. The van der Waals surface area contributed by atoms with Crippen LogP contribution in [0.2, 0.25) is 0 Å². The van der Waals surface area contributed by atoms with Gasteiger partial charge in [0.2, 0.25) is 0 Å². The van der Waals surface area contributed by atoms with Gasteiger partial charge in [-0.3, -0.25) is 4.79 Å². The largest absolute Gasteiger partial charge is 0.378 e. The lowest BCUT2D eigenvalue weighted by Gasteiger charge is -2.20. The van der Waals surface area contributed by atoms with Gasteiger partial charge in [0, 0.05) is 17.7 Å². The molecule has 1 atom stereocenters. The second-order valence-corrected chi connectivity index (χ2v) is 7.16. The first-order chi connectivity index (χ1) is 13.7. The number of aryl methyl sites for hydroxylation is 1. The Morgan fingerprint density at radius 1 is 0.786 bits per heavy atom. The molecule has 0 aliphatic heterocycles. The van der Waals surface area contributed by atoms with Crippen LogP contribution in [0.1, 0.15) is 33.9 Å². The maximum absolute atomic E-state index is 13.1. The number of carbonyl (C=O) groups is 1. The number of ketones is 1. The van der Waals surface area contributed by atoms with E-state index in [0.29, 0.717) is 6.42 Å². The van der Waals surface area contributed by atoms with Gasteiger partial charge in [-0.15, -0.1) is 0 Å². The van der Waals surface area contributed by atoms with Crippen LogP contribution in [-0.2, 0) is 0 Å². The zero-order chi connectivity index (χ0) is 19.3. The normalized spacial score (nSPS) is 11.9. The van der Waals surface area contributed by atoms with Crippen LogP contribution in [0.3, 0.4) is 0 Å². The van der Waals surface area contributed by atoms with Crippen LogP contribution in [0.15, 0.2) is 97.1 Å². The van der Waals surface area contributed by atoms with Gasteiger partial charge >= 0.3 is 0 Å². The summed E-state index contributed by atoms with van der Waals surface area (Å²) < 4.78 is 0. The number of hydrogen-bond acceptors (Lipinski definition) is 2. The summed E-state index contributed by atoms with van der Waals surface area (Å²) in [6.07, 6.45) is 0.399. The summed E-state index contributed by atoms with van der Waals surface area (Å²) in [6.45, 7) is 2.07. The molecule has 0 saturated carbocycles. The molecule has 0 aliphatic rings. The van der Waals surface area contributed by atoms with E-state index in [-0.39, 0.29) is 11.8 Å². The van der Waals surface area contributed by atoms with Gasteiger partial charge in [0.05, 0.1) is 6.04 Å². The lowest BCUT2D eigenvalue weighted by Crippen LogP contribution is -2.16. The lowest BCUT2D eigenvalue weighted by atomic mass is 9.95. The summed E-state index contributed by atoms with van der Waals surface area (Å²) in [5, 5.41) is 5.78. The summed E-state index contributed by atoms with van der Waals surface area (Å²) in [5.41, 5.74) is 4.09. The highest BCUT2D eigenvalue weighted by molar-refractivity contribution is 6.00. The topological polar surface area (TPSA) is 29.1 Å². The molecule has 4 aromatic rings. The molecule has 0 fully saturated rings. The predicted octanol–water partition coefficient (Wildman–Crippen LogP) is 6.57. The van der Waals surface area contributed by atoms with Gasteiger partial charge in [-0.25, -0.2) is 0 Å². The van der Waals surface area contributed by atoms with E-state index in [1.54, 1.807) is 0 Å². The van der Waals surface area contributed by atoms with E-state index in [9.17, 15) is 4.79 Å². The Labute approximate surface area is 165 Å². The van der Waals surface area contributed by atoms with Crippen molar-refractivity contribution in [1.29, 1.82) is 0 Å². The van der Waals surface area contributed by atoms with Crippen molar-refractivity contribution in [1.82, 2.24) is 0 Å². The van der Waals surface area contributed by atoms with Crippen molar-refractivity contribution in [2.75, 3.05) is 5.32 Å². The fourth-order valence-electron chi connectivity index (χ4n) is 3.45. The third kappa shape index (κ3) is 4.12. The molecular weight excluding hydrogens is 342 g/mol. The van der Waals surface area contributed by atoms with Gasteiger partial charge in [-0.2, -0.15) is 0 Å². The fourth-order valence-corrected chi connectivity index (χ4v) is 3.45. The van der Waals surface area contributed by atoms with Crippen LogP contribution >= 0.6 is 0 Å². The van der Waals surface area contributed by atoms with Gasteiger partial charge in [-0.05, 0) is 41.5 Å². The molecule has 2 heteroatoms. The third-order valence-corrected chi connectivity index (χ3v) is 5.06.